The molecule has 1 aliphatic rings. The highest BCUT2D eigenvalue weighted by Crippen LogP contribution is 2.29. The minimum Gasteiger partial charge on any atom is -0.465 e. The van der Waals surface area contributed by atoms with Gasteiger partial charge in [0.15, 0.2) is 0 Å². The summed E-state index contributed by atoms with van der Waals surface area (Å²) in [7, 11) is 0. The topological polar surface area (TPSA) is 61.2 Å². The highest BCUT2D eigenvalue weighted by atomic mass is 16.5. The molecule has 0 aliphatic heterocycles. The molecule has 3 rings (SSSR count). The van der Waals surface area contributed by atoms with E-state index in [9.17, 15) is 9.59 Å². The van der Waals surface area contributed by atoms with Crippen molar-refractivity contribution >= 4 is 5.97 Å². The van der Waals surface area contributed by atoms with Crippen LogP contribution in [0.1, 0.15) is 24.5 Å². The molecule has 0 unspecified atom stereocenters. The second kappa shape index (κ2) is 6.13. The van der Waals surface area contributed by atoms with Crippen molar-refractivity contribution in [3.05, 3.63) is 51.8 Å². The van der Waals surface area contributed by atoms with Crippen LogP contribution in [0.4, 0.5) is 0 Å². The van der Waals surface area contributed by atoms with Crippen molar-refractivity contribution in [1.29, 1.82) is 0 Å². The lowest BCUT2D eigenvalue weighted by Crippen LogP contribution is -2.28. The van der Waals surface area contributed by atoms with Crippen LogP contribution < -0.4 is 5.56 Å². The van der Waals surface area contributed by atoms with E-state index in [4.69, 9.17) is 4.74 Å². The molecule has 0 atom stereocenters. The van der Waals surface area contributed by atoms with Crippen LogP contribution in [0.2, 0.25) is 0 Å². The molecule has 0 amide bonds. The zero-order valence-electron chi connectivity index (χ0n) is 12.5. The minimum atomic E-state index is -0.445. The number of fused-ring (bicyclic) bond motifs is 3. The maximum atomic E-state index is 12.1. The predicted molar refractivity (Wildman–Crippen MR) is 82.6 cm³/mol. The Morgan fingerprint density at radius 3 is 2.86 bits per heavy atom. The molecular formula is C17H18N2O3. The van der Waals surface area contributed by atoms with Crippen LogP contribution in [0.5, 0.6) is 0 Å². The van der Waals surface area contributed by atoms with Crippen molar-refractivity contribution in [3.63, 3.8) is 0 Å². The summed E-state index contributed by atoms with van der Waals surface area (Å²) in [5.41, 5.74) is 3.78. The van der Waals surface area contributed by atoms with Gasteiger partial charge in [0.25, 0.3) is 5.56 Å². The summed E-state index contributed by atoms with van der Waals surface area (Å²) < 4.78 is 6.09. The first-order valence-corrected chi connectivity index (χ1v) is 7.54. The smallest absolute Gasteiger partial charge is 0.327 e. The second-order valence-electron chi connectivity index (χ2n) is 5.33. The van der Waals surface area contributed by atoms with Crippen LogP contribution in [-0.2, 0) is 28.9 Å². The van der Waals surface area contributed by atoms with E-state index in [1.165, 1.54) is 10.2 Å². The van der Waals surface area contributed by atoms with Crippen LogP contribution in [0, 0.1) is 0 Å². The quantitative estimate of drug-likeness (QED) is 0.813. The molecule has 1 aliphatic carbocycles. The van der Waals surface area contributed by atoms with Crippen molar-refractivity contribution < 1.29 is 9.53 Å². The van der Waals surface area contributed by atoms with E-state index in [1.807, 2.05) is 18.2 Å². The van der Waals surface area contributed by atoms with Gasteiger partial charge in [-0.1, -0.05) is 24.3 Å². The molecular weight excluding hydrogens is 280 g/mol. The fraction of sp³-hybridized carbons (Fsp3) is 0.353. The zero-order valence-corrected chi connectivity index (χ0v) is 12.5. The number of aromatic nitrogens is 2. The number of benzene rings is 1. The average Bonchev–Trinajstić information content (AvgIpc) is 2.67. The fourth-order valence-electron chi connectivity index (χ4n) is 2.82. The standard InChI is InChI=1S/C17H18N2O3/c1-2-22-16(21)11-19-15(20)10-13-8-5-7-12-6-3-4-9-14(12)17(13)18-19/h3-4,6,9-10H,2,5,7-8,11H2,1H3. The predicted octanol–water partition coefficient (Wildman–Crippen LogP) is 1.96. The Morgan fingerprint density at radius 2 is 2.05 bits per heavy atom. The van der Waals surface area contributed by atoms with Gasteiger partial charge in [-0.2, -0.15) is 5.10 Å². The maximum absolute atomic E-state index is 12.1. The van der Waals surface area contributed by atoms with Crippen LogP contribution in [0.25, 0.3) is 11.3 Å². The number of esters is 1. The van der Waals surface area contributed by atoms with Crippen LogP contribution in [-0.4, -0.2) is 22.4 Å². The Hall–Kier alpha value is -2.43. The SMILES string of the molecule is CCOC(=O)Cn1nc2c(cc1=O)CCCc1ccccc1-2. The van der Waals surface area contributed by atoms with Gasteiger partial charge in [0, 0.05) is 11.6 Å². The molecule has 0 bridgehead atoms. The number of aryl methyl sites for hydroxylation is 2. The van der Waals surface area contributed by atoms with Gasteiger partial charge in [0.05, 0.1) is 12.3 Å². The number of carbonyl (C=O) groups is 1. The Balaban J connectivity index is 2.07. The molecule has 2 aromatic rings. The first kappa shape index (κ1) is 14.5. The Bertz CT molecular complexity index is 765. The first-order chi connectivity index (χ1) is 10.7. The van der Waals surface area contributed by atoms with Gasteiger partial charge >= 0.3 is 5.97 Å². The second-order valence-corrected chi connectivity index (χ2v) is 5.33. The lowest BCUT2D eigenvalue weighted by Gasteiger charge is -2.11. The molecule has 1 aromatic heterocycles. The third kappa shape index (κ3) is 2.79. The molecule has 5 nitrogen and oxygen atoms in total. The van der Waals surface area contributed by atoms with Crippen LogP contribution >= 0.6 is 0 Å². The Kier molecular flexibility index (Phi) is 4.04. The van der Waals surface area contributed by atoms with Crippen molar-refractivity contribution in [2.75, 3.05) is 6.61 Å². The number of rotatable bonds is 3. The highest BCUT2D eigenvalue weighted by Gasteiger charge is 2.18. The molecule has 5 heteroatoms. The maximum Gasteiger partial charge on any atom is 0.327 e. The number of nitrogens with zero attached hydrogens (tertiary/aromatic N) is 2. The summed E-state index contributed by atoms with van der Waals surface area (Å²) in [5, 5.41) is 4.44. The van der Waals surface area contributed by atoms with Crippen molar-refractivity contribution in [2.45, 2.75) is 32.7 Å². The molecule has 0 spiro atoms. The number of hydrogen-bond acceptors (Lipinski definition) is 4. The van der Waals surface area contributed by atoms with E-state index in [0.29, 0.717) is 6.61 Å². The van der Waals surface area contributed by atoms with Crippen molar-refractivity contribution in [2.24, 2.45) is 0 Å². The largest absolute Gasteiger partial charge is 0.465 e. The number of ether oxygens (including phenoxy) is 1. The summed E-state index contributed by atoms with van der Waals surface area (Å²) in [6.45, 7) is 1.88. The molecule has 1 aromatic carbocycles. The van der Waals surface area contributed by atoms with Gasteiger partial charge in [-0.05, 0) is 37.3 Å². The molecule has 0 saturated carbocycles. The van der Waals surface area contributed by atoms with Gasteiger partial charge in [0.2, 0.25) is 0 Å². The normalized spacial score (nSPS) is 13.0. The van der Waals surface area contributed by atoms with E-state index in [0.717, 1.165) is 36.1 Å². The van der Waals surface area contributed by atoms with Crippen LogP contribution in [0.3, 0.4) is 0 Å². The van der Waals surface area contributed by atoms with E-state index >= 15 is 0 Å². The summed E-state index contributed by atoms with van der Waals surface area (Å²) in [5.74, 6) is -0.445. The lowest BCUT2D eigenvalue weighted by atomic mass is 10.0. The summed E-state index contributed by atoms with van der Waals surface area (Å²) in [6.07, 6.45) is 2.79. The van der Waals surface area contributed by atoms with Gasteiger partial charge in [-0.3, -0.25) is 9.59 Å². The fourth-order valence-corrected chi connectivity index (χ4v) is 2.82. The van der Waals surface area contributed by atoms with E-state index < -0.39 is 5.97 Å². The summed E-state index contributed by atoms with van der Waals surface area (Å²) in [6, 6.07) is 9.69. The van der Waals surface area contributed by atoms with Crippen LogP contribution in [0.15, 0.2) is 35.1 Å². The first-order valence-electron chi connectivity index (χ1n) is 7.54. The number of carbonyl (C=O) groups excluding carboxylic acids is 1. The van der Waals surface area contributed by atoms with E-state index in [2.05, 4.69) is 11.2 Å². The zero-order chi connectivity index (χ0) is 15.5. The highest BCUT2D eigenvalue weighted by molar-refractivity contribution is 5.70. The monoisotopic (exact) mass is 298 g/mol. The van der Waals surface area contributed by atoms with Gasteiger partial charge < -0.3 is 4.74 Å². The lowest BCUT2D eigenvalue weighted by molar-refractivity contribution is -0.144. The molecule has 0 radical (unpaired) electrons. The Labute approximate surface area is 128 Å². The third-order valence-corrected chi connectivity index (χ3v) is 3.83. The molecule has 114 valence electrons. The van der Waals surface area contributed by atoms with Crippen molar-refractivity contribution in [1.82, 2.24) is 9.78 Å². The van der Waals surface area contributed by atoms with E-state index in [1.54, 1.807) is 13.0 Å². The average molecular weight is 298 g/mol. The van der Waals surface area contributed by atoms with Gasteiger partial charge in [-0.15, -0.1) is 0 Å². The van der Waals surface area contributed by atoms with Crippen molar-refractivity contribution in [3.8, 4) is 11.3 Å². The molecule has 0 saturated heterocycles. The van der Waals surface area contributed by atoms with Gasteiger partial charge in [0.1, 0.15) is 6.54 Å². The summed E-state index contributed by atoms with van der Waals surface area (Å²) in [4.78, 5) is 23.8. The summed E-state index contributed by atoms with van der Waals surface area (Å²) >= 11 is 0. The third-order valence-electron chi connectivity index (χ3n) is 3.83. The molecule has 0 fully saturated rings. The minimum absolute atomic E-state index is 0.151. The number of hydrogen-bond donors (Lipinski definition) is 0. The molecule has 0 N–H and O–H groups in total. The Morgan fingerprint density at radius 1 is 1.27 bits per heavy atom. The van der Waals surface area contributed by atoms with E-state index in [-0.39, 0.29) is 12.1 Å². The van der Waals surface area contributed by atoms with Gasteiger partial charge in [-0.25, -0.2) is 4.68 Å². The molecule has 22 heavy (non-hydrogen) atoms. The molecule has 1 heterocycles.